The van der Waals surface area contributed by atoms with Gasteiger partial charge < -0.3 is 5.32 Å². The maximum atomic E-state index is 12.1. The average Bonchev–Trinajstić information content (AvgIpc) is 2.36. The molecule has 0 spiro atoms. The van der Waals surface area contributed by atoms with Crippen molar-refractivity contribution in [3.8, 4) is 0 Å². The van der Waals surface area contributed by atoms with Gasteiger partial charge in [0, 0.05) is 11.0 Å². The first kappa shape index (κ1) is 16.1. The van der Waals surface area contributed by atoms with E-state index >= 15 is 0 Å². The van der Waals surface area contributed by atoms with E-state index in [0.29, 0.717) is 13.0 Å². The minimum Gasteiger partial charge on any atom is -0.355 e. The molecule has 0 aliphatic carbocycles. The van der Waals surface area contributed by atoms with Gasteiger partial charge in [-0.05, 0) is 37.6 Å². The zero-order valence-corrected chi connectivity index (χ0v) is 13.2. The van der Waals surface area contributed by atoms with Crippen LogP contribution in [-0.4, -0.2) is 26.9 Å². The average molecular weight is 349 g/mol. The lowest BCUT2D eigenvalue weighted by Crippen LogP contribution is -2.46. The van der Waals surface area contributed by atoms with Crippen LogP contribution in [0.15, 0.2) is 33.6 Å². The fourth-order valence-corrected chi connectivity index (χ4v) is 3.03. The van der Waals surface area contributed by atoms with Gasteiger partial charge in [0.1, 0.15) is 6.04 Å². The largest absolute Gasteiger partial charge is 0.355 e. The number of carbonyl (C=O) groups excluding carboxylic acids is 1. The van der Waals surface area contributed by atoms with Gasteiger partial charge >= 0.3 is 0 Å². The van der Waals surface area contributed by atoms with Gasteiger partial charge in [-0.2, -0.15) is 4.72 Å². The number of likely N-dealkylation sites (N-methyl/N-ethyl adjacent to an activating group) is 1. The van der Waals surface area contributed by atoms with E-state index in [1.54, 1.807) is 26.0 Å². The Morgan fingerprint density at radius 3 is 2.32 bits per heavy atom. The van der Waals surface area contributed by atoms with Crippen molar-refractivity contribution in [3.63, 3.8) is 0 Å². The van der Waals surface area contributed by atoms with Crippen molar-refractivity contribution in [2.24, 2.45) is 0 Å². The molecule has 19 heavy (non-hydrogen) atoms. The van der Waals surface area contributed by atoms with E-state index in [1.807, 2.05) is 0 Å². The predicted octanol–water partition coefficient (Wildman–Crippen LogP) is 1.64. The number of amides is 1. The number of sulfonamides is 1. The molecule has 106 valence electrons. The second-order valence-corrected chi connectivity index (χ2v) is 6.56. The molecule has 0 aliphatic rings. The fourth-order valence-electron chi connectivity index (χ4n) is 1.49. The summed E-state index contributed by atoms with van der Waals surface area (Å²) in [7, 11) is -3.68. The maximum Gasteiger partial charge on any atom is 0.241 e. The molecule has 1 amide bonds. The quantitative estimate of drug-likeness (QED) is 0.820. The molecule has 1 aromatic rings. The minimum atomic E-state index is -3.68. The molecular formula is C12H17BrN2O3S. The smallest absolute Gasteiger partial charge is 0.241 e. The summed E-state index contributed by atoms with van der Waals surface area (Å²) < 4.78 is 27.4. The monoisotopic (exact) mass is 348 g/mol. The molecule has 0 saturated carbocycles. The summed E-state index contributed by atoms with van der Waals surface area (Å²) >= 11 is 3.24. The van der Waals surface area contributed by atoms with E-state index in [2.05, 4.69) is 26.0 Å². The molecule has 0 saturated heterocycles. The summed E-state index contributed by atoms with van der Waals surface area (Å²) in [4.78, 5) is 11.8. The lowest BCUT2D eigenvalue weighted by Gasteiger charge is -2.16. The molecule has 0 radical (unpaired) electrons. The van der Waals surface area contributed by atoms with Crippen molar-refractivity contribution in [1.29, 1.82) is 0 Å². The van der Waals surface area contributed by atoms with E-state index in [4.69, 9.17) is 0 Å². The van der Waals surface area contributed by atoms with Crippen LogP contribution in [0.1, 0.15) is 20.3 Å². The van der Waals surface area contributed by atoms with E-state index in [1.165, 1.54) is 12.1 Å². The van der Waals surface area contributed by atoms with Crippen LogP contribution in [0.2, 0.25) is 0 Å². The van der Waals surface area contributed by atoms with Crippen LogP contribution in [0, 0.1) is 0 Å². The van der Waals surface area contributed by atoms with E-state index < -0.39 is 16.1 Å². The first-order chi connectivity index (χ1) is 8.90. The van der Waals surface area contributed by atoms with Gasteiger partial charge in [-0.1, -0.05) is 22.9 Å². The van der Waals surface area contributed by atoms with Gasteiger partial charge in [-0.3, -0.25) is 4.79 Å². The van der Waals surface area contributed by atoms with Crippen LogP contribution in [0.4, 0.5) is 0 Å². The molecule has 7 heteroatoms. The van der Waals surface area contributed by atoms with Crippen LogP contribution in [0.25, 0.3) is 0 Å². The summed E-state index contributed by atoms with van der Waals surface area (Å²) in [6, 6.07) is 5.49. The molecule has 0 fully saturated rings. The molecule has 0 aliphatic heterocycles. The minimum absolute atomic E-state index is 0.137. The number of nitrogens with one attached hydrogen (secondary N) is 2. The van der Waals surface area contributed by atoms with Crippen LogP contribution in [-0.2, 0) is 14.8 Å². The predicted molar refractivity (Wildman–Crippen MR) is 77.2 cm³/mol. The fraction of sp³-hybridized carbons (Fsp3) is 0.417. The Balaban J connectivity index is 2.89. The Hall–Kier alpha value is -0.920. The SMILES string of the molecule is CCNC(=O)C(CC)NS(=O)(=O)c1ccc(Br)cc1. The van der Waals surface area contributed by atoms with Crippen LogP contribution in [0.5, 0.6) is 0 Å². The third-order valence-electron chi connectivity index (χ3n) is 2.50. The van der Waals surface area contributed by atoms with Crippen molar-refractivity contribution < 1.29 is 13.2 Å². The summed E-state index contributed by atoms with van der Waals surface area (Å²) in [5.41, 5.74) is 0. The molecular weight excluding hydrogens is 332 g/mol. The highest BCUT2D eigenvalue weighted by molar-refractivity contribution is 9.10. The van der Waals surface area contributed by atoms with E-state index in [0.717, 1.165) is 4.47 Å². The van der Waals surface area contributed by atoms with Gasteiger partial charge in [0.25, 0.3) is 0 Å². The summed E-state index contributed by atoms with van der Waals surface area (Å²) in [5.74, 6) is -0.314. The summed E-state index contributed by atoms with van der Waals surface area (Å²) in [6.45, 7) is 4.01. The van der Waals surface area contributed by atoms with Crippen LogP contribution < -0.4 is 10.0 Å². The number of benzene rings is 1. The zero-order valence-electron chi connectivity index (χ0n) is 10.8. The van der Waals surface area contributed by atoms with Crippen LogP contribution >= 0.6 is 15.9 Å². The third kappa shape index (κ3) is 4.59. The second-order valence-electron chi connectivity index (χ2n) is 3.93. The molecule has 0 aromatic heterocycles. The molecule has 1 rings (SSSR count). The van der Waals surface area contributed by atoms with Gasteiger partial charge in [-0.25, -0.2) is 8.42 Å². The lowest BCUT2D eigenvalue weighted by molar-refractivity contribution is -0.122. The van der Waals surface area contributed by atoms with Crippen molar-refractivity contribution in [2.45, 2.75) is 31.2 Å². The van der Waals surface area contributed by atoms with Crippen molar-refractivity contribution in [3.05, 3.63) is 28.7 Å². The topological polar surface area (TPSA) is 75.3 Å². The Labute approximate surface area is 122 Å². The van der Waals surface area contributed by atoms with Gasteiger partial charge in [0.05, 0.1) is 4.90 Å². The van der Waals surface area contributed by atoms with E-state index in [9.17, 15) is 13.2 Å². The number of hydrogen-bond acceptors (Lipinski definition) is 3. The number of rotatable bonds is 6. The Kier molecular flexibility index (Phi) is 5.96. The molecule has 1 atom stereocenters. The maximum absolute atomic E-state index is 12.1. The highest BCUT2D eigenvalue weighted by atomic mass is 79.9. The first-order valence-corrected chi connectivity index (χ1v) is 8.24. The van der Waals surface area contributed by atoms with Gasteiger partial charge in [0.15, 0.2) is 0 Å². The second kappa shape index (κ2) is 7.02. The molecule has 2 N–H and O–H groups in total. The molecule has 5 nitrogen and oxygen atoms in total. The molecule has 1 unspecified atom stereocenters. The lowest BCUT2D eigenvalue weighted by atomic mass is 10.2. The molecule has 0 heterocycles. The van der Waals surface area contributed by atoms with Crippen molar-refractivity contribution in [1.82, 2.24) is 10.0 Å². The Bertz CT molecular complexity index is 528. The normalized spacial score (nSPS) is 13.0. The van der Waals surface area contributed by atoms with Crippen molar-refractivity contribution in [2.75, 3.05) is 6.54 Å². The Morgan fingerprint density at radius 2 is 1.84 bits per heavy atom. The number of halogens is 1. The number of carbonyl (C=O) groups is 1. The van der Waals surface area contributed by atoms with Crippen LogP contribution in [0.3, 0.4) is 0 Å². The standard InChI is InChI=1S/C12H17BrN2O3S/c1-3-11(12(16)14-4-2)15-19(17,18)10-7-5-9(13)6-8-10/h5-8,11,15H,3-4H2,1-2H3,(H,14,16). The van der Waals surface area contributed by atoms with Gasteiger partial charge in [0.2, 0.25) is 15.9 Å². The molecule has 0 bridgehead atoms. The highest BCUT2D eigenvalue weighted by Crippen LogP contribution is 2.15. The summed E-state index contributed by atoms with van der Waals surface area (Å²) in [6.07, 6.45) is 0.390. The first-order valence-electron chi connectivity index (χ1n) is 5.96. The zero-order chi connectivity index (χ0) is 14.5. The molecule has 1 aromatic carbocycles. The Morgan fingerprint density at radius 1 is 1.26 bits per heavy atom. The third-order valence-corrected chi connectivity index (χ3v) is 4.51. The van der Waals surface area contributed by atoms with E-state index in [-0.39, 0.29) is 10.8 Å². The highest BCUT2D eigenvalue weighted by Gasteiger charge is 2.23. The van der Waals surface area contributed by atoms with Gasteiger partial charge in [-0.15, -0.1) is 0 Å². The summed E-state index contributed by atoms with van der Waals surface area (Å²) in [5, 5.41) is 2.61. The van der Waals surface area contributed by atoms with Crippen molar-refractivity contribution >= 4 is 31.9 Å². The number of hydrogen-bond donors (Lipinski definition) is 2.